The molecule has 0 spiro atoms. The summed E-state index contributed by atoms with van der Waals surface area (Å²) in [6.45, 7) is 2.71. The number of ether oxygens (including phenoxy) is 1. The van der Waals surface area contributed by atoms with Crippen LogP contribution in [0.1, 0.15) is 43.5 Å². The molecule has 1 aromatic heterocycles. The van der Waals surface area contributed by atoms with Gasteiger partial charge in [0.1, 0.15) is 5.69 Å². The van der Waals surface area contributed by atoms with Gasteiger partial charge in [0, 0.05) is 32.4 Å². The molecule has 5 rings (SSSR count). The maximum Gasteiger partial charge on any atom is 0.235 e. The molecule has 2 aliphatic carbocycles. The fraction of sp³-hybridized carbons (Fsp3) is 0.812. The molecule has 2 aliphatic heterocycles. The van der Waals surface area contributed by atoms with Crippen molar-refractivity contribution in [3.63, 3.8) is 0 Å². The number of nitrogens with zero attached hydrogens (tertiary/aromatic N) is 4. The Morgan fingerprint density at radius 2 is 2.04 bits per heavy atom. The quantitative estimate of drug-likeness (QED) is 0.586. The maximum atomic E-state index is 13.5. The Morgan fingerprint density at radius 1 is 1.21 bits per heavy atom. The number of hydrogen-bond donors (Lipinski definition) is 1. The van der Waals surface area contributed by atoms with E-state index in [2.05, 4.69) is 15.2 Å². The summed E-state index contributed by atoms with van der Waals surface area (Å²) in [5, 5.41) is 33.2. The fourth-order valence-electron chi connectivity index (χ4n) is 5.46. The Balaban J connectivity index is 1.69. The molecule has 0 bridgehead atoms. The first-order valence-electron chi connectivity index (χ1n) is 8.90. The summed E-state index contributed by atoms with van der Waals surface area (Å²) < 4.78 is 11.5. The largest absolute Gasteiger partial charge is 0.622 e. The lowest BCUT2D eigenvalue weighted by atomic mass is 9.66. The van der Waals surface area contributed by atoms with Crippen molar-refractivity contribution in [1.82, 2.24) is 15.2 Å². The number of rotatable bonds is 1. The Labute approximate surface area is 139 Å². The molecular weight excluding hydrogens is 312 g/mol. The van der Waals surface area contributed by atoms with Gasteiger partial charge in [-0.25, -0.2) is 9.53 Å². The lowest BCUT2D eigenvalue weighted by molar-refractivity contribution is -0.591. The van der Waals surface area contributed by atoms with Gasteiger partial charge in [0.25, 0.3) is 0 Å². The van der Waals surface area contributed by atoms with E-state index in [0.29, 0.717) is 43.2 Å². The van der Waals surface area contributed by atoms with E-state index in [4.69, 9.17) is 9.37 Å². The van der Waals surface area contributed by atoms with Crippen molar-refractivity contribution in [1.29, 1.82) is 0 Å². The average molecular weight is 334 g/mol. The summed E-state index contributed by atoms with van der Waals surface area (Å²) in [6, 6.07) is 0. The lowest BCUT2D eigenvalue weighted by Gasteiger charge is -2.47. The third-order valence-electron chi connectivity index (χ3n) is 6.46. The van der Waals surface area contributed by atoms with E-state index < -0.39 is 11.3 Å². The van der Waals surface area contributed by atoms with Gasteiger partial charge in [-0.3, -0.25) is 0 Å². The molecule has 2 fully saturated rings. The van der Waals surface area contributed by atoms with E-state index in [9.17, 15) is 10.3 Å². The average Bonchev–Trinajstić information content (AvgIpc) is 3.18. The molecule has 0 aromatic carbocycles. The molecule has 4 aliphatic rings. The minimum absolute atomic E-state index is 0.199. The normalized spacial score (nSPS) is 39.5. The molecule has 24 heavy (non-hydrogen) atoms. The number of aliphatic hydroxyl groups is 1. The standard InChI is InChI=1S/C16H22N4O4/c21-16-12-3-1-2-6-15(12,19-7-9-23-10-8-19)20(22)13(16)5-4-11-14(16)18-24-17-11/h12,21H,1-10H2/t12-,15-,16+/m0/s1. The number of hydroxylamine groups is 1. The minimum atomic E-state index is -1.34. The number of aryl methyl sites for hydroxylation is 1. The minimum Gasteiger partial charge on any atom is -0.622 e. The SMILES string of the molecule is [O-][N+]1=C2CCc3nonc3[C@@]2(O)[C@H]2CCCC[C@@]21N1CCOCC1. The molecule has 0 unspecified atom stereocenters. The van der Waals surface area contributed by atoms with Crippen LogP contribution in [0.2, 0.25) is 0 Å². The molecule has 3 heterocycles. The highest BCUT2D eigenvalue weighted by atomic mass is 16.6. The first-order valence-corrected chi connectivity index (χ1v) is 8.90. The zero-order valence-corrected chi connectivity index (χ0v) is 13.6. The van der Waals surface area contributed by atoms with Crippen LogP contribution in [0.15, 0.2) is 4.63 Å². The second-order valence-electron chi connectivity index (χ2n) is 7.34. The number of hydrogen-bond acceptors (Lipinski definition) is 7. The number of fused-ring (bicyclic) bond motifs is 5. The van der Waals surface area contributed by atoms with Crippen LogP contribution >= 0.6 is 0 Å². The van der Waals surface area contributed by atoms with E-state index in [0.717, 1.165) is 43.5 Å². The van der Waals surface area contributed by atoms with E-state index in [1.54, 1.807) is 0 Å². The first kappa shape index (κ1) is 14.8. The Bertz CT molecular complexity index is 698. The molecule has 8 nitrogen and oxygen atoms in total. The van der Waals surface area contributed by atoms with Gasteiger partial charge in [-0.1, -0.05) is 16.7 Å². The van der Waals surface area contributed by atoms with Crippen LogP contribution in [0.25, 0.3) is 0 Å². The van der Waals surface area contributed by atoms with Crippen molar-refractivity contribution in [3.8, 4) is 0 Å². The number of aromatic nitrogens is 2. The lowest BCUT2D eigenvalue weighted by Crippen LogP contribution is -2.63. The van der Waals surface area contributed by atoms with Gasteiger partial charge in [0.05, 0.1) is 19.1 Å². The highest BCUT2D eigenvalue weighted by molar-refractivity contribution is 5.92. The predicted octanol–water partition coefficient (Wildman–Crippen LogP) is 0.387. The van der Waals surface area contributed by atoms with Crippen LogP contribution in [0.4, 0.5) is 0 Å². The van der Waals surface area contributed by atoms with Crippen LogP contribution in [-0.2, 0) is 16.8 Å². The first-order chi connectivity index (χ1) is 11.7. The van der Waals surface area contributed by atoms with Crippen molar-refractivity contribution >= 4 is 5.71 Å². The van der Waals surface area contributed by atoms with E-state index in [1.165, 1.54) is 0 Å². The van der Waals surface area contributed by atoms with E-state index in [1.807, 2.05) is 0 Å². The summed E-state index contributed by atoms with van der Waals surface area (Å²) in [6.07, 6.45) is 4.71. The van der Waals surface area contributed by atoms with E-state index in [-0.39, 0.29) is 5.92 Å². The summed E-state index contributed by atoms with van der Waals surface area (Å²) in [5.74, 6) is -0.199. The molecule has 8 heteroatoms. The third-order valence-corrected chi connectivity index (χ3v) is 6.46. The monoisotopic (exact) mass is 334 g/mol. The molecule has 1 N–H and O–H groups in total. The van der Waals surface area contributed by atoms with Gasteiger partial charge < -0.3 is 15.1 Å². The van der Waals surface area contributed by atoms with Gasteiger partial charge in [-0.2, -0.15) is 4.74 Å². The fourth-order valence-corrected chi connectivity index (χ4v) is 5.46. The van der Waals surface area contributed by atoms with Crippen LogP contribution in [-0.4, -0.2) is 62.7 Å². The Kier molecular flexibility index (Phi) is 3.08. The second kappa shape index (κ2) is 5.00. The van der Waals surface area contributed by atoms with Gasteiger partial charge in [0.2, 0.25) is 17.0 Å². The predicted molar refractivity (Wildman–Crippen MR) is 82.2 cm³/mol. The highest BCUT2D eigenvalue weighted by Crippen LogP contribution is 2.55. The van der Waals surface area contributed by atoms with Crippen molar-refractivity contribution in [2.45, 2.75) is 49.8 Å². The molecule has 1 saturated heterocycles. The van der Waals surface area contributed by atoms with Crippen LogP contribution in [0.5, 0.6) is 0 Å². The zero-order valence-electron chi connectivity index (χ0n) is 13.6. The second-order valence-corrected chi connectivity index (χ2v) is 7.34. The van der Waals surface area contributed by atoms with Gasteiger partial charge >= 0.3 is 0 Å². The zero-order chi connectivity index (χ0) is 16.4. The van der Waals surface area contributed by atoms with Crippen molar-refractivity contribution in [2.75, 3.05) is 26.3 Å². The van der Waals surface area contributed by atoms with E-state index >= 15 is 0 Å². The van der Waals surface area contributed by atoms with Crippen LogP contribution in [0, 0.1) is 11.1 Å². The van der Waals surface area contributed by atoms with Crippen molar-refractivity contribution < 1.29 is 19.2 Å². The smallest absolute Gasteiger partial charge is 0.235 e. The Hall–Kier alpha value is -1.51. The molecular formula is C16H22N4O4. The summed E-state index contributed by atoms with van der Waals surface area (Å²) in [5.41, 5.74) is -0.325. The van der Waals surface area contributed by atoms with Gasteiger partial charge in [-0.05, 0) is 12.8 Å². The Morgan fingerprint density at radius 3 is 2.88 bits per heavy atom. The summed E-state index contributed by atoms with van der Waals surface area (Å²) in [4.78, 5) is 2.24. The number of morpholine rings is 1. The molecule has 1 saturated carbocycles. The molecule has 130 valence electrons. The third kappa shape index (κ3) is 1.61. The van der Waals surface area contributed by atoms with Crippen molar-refractivity contribution in [3.05, 3.63) is 16.6 Å². The van der Waals surface area contributed by atoms with Crippen molar-refractivity contribution in [2.24, 2.45) is 5.92 Å². The van der Waals surface area contributed by atoms with Gasteiger partial charge in [-0.15, -0.1) is 0 Å². The van der Waals surface area contributed by atoms with Gasteiger partial charge in [0.15, 0.2) is 5.69 Å². The molecule has 0 radical (unpaired) electrons. The molecule has 1 aromatic rings. The van der Waals surface area contributed by atoms with Crippen LogP contribution < -0.4 is 0 Å². The topological polar surface area (TPSA) is 97.7 Å². The van der Waals surface area contributed by atoms with Crippen LogP contribution in [0.3, 0.4) is 0 Å². The molecule has 3 atom stereocenters. The highest BCUT2D eigenvalue weighted by Gasteiger charge is 2.72. The summed E-state index contributed by atoms with van der Waals surface area (Å²) >= 11 is 0. The summed E-state index contributed by atoms with van der Waals surface area (Å²) in [7, 11) is 0. The molecule has 0 amide bonds. The maximum absolute atomic E-state index is 13.5.